The van der Waals surface area contributed by atoms with Crippen LogP contribution in [0.3, 0.4) is 0 Å². The van der Waals surface area contributed by atoms with Crippen LogP contribution in [0, 0.1) is 5.92 Å². The minimum absolute atomic E-state index is 0.00114. The van der Waals surface area contributed by atoms with Gasteiger partial charge in [0.2, 0.25) is 0 Å². The first-order valence-corrected chi connectivity index (χ1v) is 54.1. The number of ketones is 1. The zero-order valence-corrected chi connectivity index (χ0v) is 73.4. The van der Waals surface area contributed by atoms with Crippen molar-refractivity contribution in [3.63, 3.8) is 0 Å². The van der Waals surface area contributed by atoms with Crippen molar-refractivity contribution >= 4 is 81.0 Å². The van der Waals surface area contributed by atoms with Gasteiger partial charge in [0.25, 0.3) is 0 Å². The molecule has 0 aromatic heterocycles. The standard InChI is InChI=1S/C76H135IO15SSi5/c1-50-31-32-54(33-35-60-51(2)43-55(85-60)34-38-66-81-41-42-82-66)84-64(50)48-65-53(44-56(86-65)47-57(89-95(20,21)73(6,7)8)49-83-94(18,19)72(3,4)5)46-59(78)67(52-29-28-30-58(45-52)93(79)80)61-36-37-62-68(87-61)70(91-97(24,25)75(12,13)14)71(92-98(26,27)76(15,16)17)69(88-62)63(39-40-77)90-96(22,23)74(9,10)11/h28-30,39-40,45,53-57,60-71H,1-2,31-38,41-44,46-49H2,3-27H3,(H,79,80)/b40-39+/t53-,54+,55-,56-,57-,60-,61+,62-,63?,64+,65-,67?,68+,69?,70?,71?/m0/s1. The van der Waals surface area contributed by atoms with Gasteiger partial charge in [-0.05, 0) is 193 Å². The fraction of sp³-hybridized carbons (Fsp3) is 0.829. The van der Waals surface area contributed by atoms with E-state index in [2.05, 4.69) is 211 Å². The van der Waals surface area contributed by atoms with Crippen LogP contribution in [-0.4, -0.2) is 168 Å². The van der Waals surface area contributed by atoms with E-state index in [1.54, 1.807) is 18.2 Å². The molecule has 98 heavy (non-hydrogen) atoms. The van der Waals surface area contributed by atoms with Gasteiger partial charge in [0.15, 0.2) is 59.0 Å². The third-order valence-corrected chi connectivity index (χ3v) is 48.4. The van der Waals surface area contributed by atoms with Gasteiger partial charge in [0.1, 0.15) is 30.2 Å². The summed E-state index contributed by atoms with van der Waals surface area (Å²) in [7, 11) is -12.2. The van der Waals surface area contributed by atoms with Crippen molar-refractivity contribution in [2.75, 3.05) is 19.8 Å². The number of Topliss-reactive ketones (excluding diaryl/α,β-unsaturated/α-hetero) is 1. The van der Waals surface area contributed by atoms with Gasteiger partial charge in [0.05, 0.1) is 91.7 Å². The molecule has 6 heterocycles. The maximum Gasteiger partial charge on any atom is 0.193 e. The number of carbonyl (C=O) groups excluding carboxylic acids is 1. The molecule has 0 saturated carbocycles. The Hall–Kier alpha value is -0.446. The van der Waals surface area contributed by atoms with Gasteiger partial charge < -0.3 is 59.8 Å². The Morgan fingerprint density at radius 2 is 1.23 bits per heavy atom. The third kappa shape index (κ3) is 21.7. The molecule has 7 rings (SSSR count). The number of halogens is 1. The van der Waals surface area contributed by atoms with Crippen LogP contribution in [0.15, 0.2) is 63.6 Å². The molecule has 6 aliphatic rings. The number of hydrogen-bond donors (Lipinski definition) is 1. The minimum Gasteiger partial charge on any atom is -0.414 e. The summed E-state index contributed by atoms with van der Waals surface area (Å²) in [4.78, 5) is 16.7. The van der Waals surface area contributed by atoms with Crippen LogP contribution in [0.25, 0.3) is 0 Å². The summed E-state index contributed by atoms with van der Waals surface area (Å²) in [5, 5.41) is -0.481. The summed E-state index contributed by atoms with van der Waals surface area (Å²) in [6.07, 6.45) is 5.88. The van der Waals surface area contributed by atoms with Crippen LogP contribution in [0.2, 0.25) is 90.7 Å². The van der Waals surface area contributed by atoms with Crippen molar-refractivity contribution in [1.29, 1.82) is 0 Å². The summed E-state index contributed by atoms with van der Waals surface area (Å²) in [6, 6.07) is 7.10. The molecule has 0 spiro atoms. The molecule has 17 atom stereocenters. The molecule has 22 heteroatoms. The number of ether oxygens (including phenoxy) is 7. The van der Waals surface area contributed by atoms with Crippen molar-refractivity contribution in [3.05, 3.63) is 64.3 Å². The van der Waals surface area contributed by atoms with E-state index < -0.39 is 101 Å². The molecule has 1 aromatic carbocycles. The normalized spacial score (nSPS) is 30.1. The second kappa shape index (κ2) is 33.4. The summed E-state index contributed by atoms with van der Waals surface area (Å²) in [6.45, 7) is 68.0. The van der Waals surface area contributed by atoms with Gasteiger partial charge in [-0.3, -0.25) is 4.79 Å². The van der Waals surface area contributed by atoms with Crippen LogP contribution in [-0.2, 0) is 71.2 Å². The average Bonchev–Trinajstić information content (AvgIpc) is 0.869. The summed E-state index contributed by atoms with van der Waals surface area (Å²) in [5.41, 5.74) is 2.82. The lowest BCUT2D eigenvalue weighted by atomic mass is 9.78. The van der Waals surface area contributed by atoms with Crippen molar-refractivity contribution < 1.29 is 68.8 Å². The Morgan fingerprint density at radius 1 is 0.663 bits per heavy atom. The van der Waals surface area contributed by atoms with Crippen LogP contribution >= 0.6 is 22.6 Å². The number of carbonyl (C=O) groups is 1. The molecule has 6 fully saturated rings. The fourth-order valence-electron chi connectivity index (χ4n) is 13.5. The largest absolute Gasteiger partial charge is 0.414 e. The van der Waals surface area contributed by atoms with Gasteiger partial charge >= 0.3 is 0 Å². The van der Waals surface area contributed by atoms with Crippen molar-refractivity contribution in [1.82, 2.24) is 0 Å². The van der Waals surface area contributed by atoms with Gasteiger partial charge in [-0.15, -0.1) is 0 Å². The molecular formula is C76H135IO15SSi5. The predicted octanol–water partition coefficient (Wildman–Crippen LogP) is 19.5. The van der Waals surface area contributed by atoms with E-state index in [-0.39, 0.29) is 97.2 Å². The van der Waals surface area contributed by atoms with E-state index in [4.69, 9.17) is 55.3 Å². The fourth-order valence-corrected chi connectivity index (χ4v) is 20.5. The van der Waals surface area contributed by atoms with Gasteiger partial charge in [-0.2, -0.15) is 0 Å². The van der Waals surface area contributed by atoms with Crippen molar-refractivity contribution in [2.45, 2.75) is 381 Å². The summed E-state index contributed by atoms with van der Waals surface area (Å²) < 4.78 is 111. The zero-order valence-electron chi connectivity index (χ0n) is 65.5. The lowest BCUT2D eigenvalue weighted by Gasteiger charge is -2.56. The lowest BCUT2D eigenvalue weighted by molar-refractivity contribution is -0.268. The van der Waals surface area contributed by atoms with Crippen LogP contribution in [0.5, 0.6) is 0 Å². The van der Waals surface area contributed by atoms with Gasteiger partial charge in [0, 0.05) is 25.7 Å². The Labute approximate surface area is 616 Å². The Morgan fingerprint density at radius 3 is 1.82 bits per heavy atom. The first-order chi connectivity index (χ1) is 44.9. The third-order valence-electron chi connectivity index (χ3n) is 24.8. The number of benzene rings is 1. The van der Waals surface area contributed by atoms with Gasteiger partial charge in [-0.25, -0.2) is 4.21 Å². The molecule has 6 unspecified atom stereocenters. The smallest absolute Gasteiger partial charge is 0.193 e. The maximum atomic E-state index is 16.4. The highest BCUT2D eigenvalue weighted by Gasteiger charge is 2.59. The number of rotatable bonds is 29. The maximum absolute atomic E-state index is 16.4. The Balaban J connectivity index is 1.26. The number of fused-ring (bicyclic) bond motifs is 1. The molecule has 1 N–H and O–H groups in total. The average molecular weight is 1590 g/mol. The molecule has 0 aliphatic carbocycles. The van der Waals surface area contributed by atoms with Crippen LogP contribution in [0.1, 0.15) is 199 Å². The van der Waals surface area contributed by atoms with Gasteiger partial charge in [-0.1, -0.05) is 152 Å². The first kappa shape index (κ1) is 84.8. The molecule has 6 saturated heterocycles. The molecular weight excluding hydrogens is 1450 g/mol. The zero-order chi connectivity index (χ0) is 73.3. The first-order valence-electron chi connectivity index (χ1n) is 37.2. The molecule has 562 valence electrons. The van der Waals surface area contributed by atoms with E-state index >= 15 is 4.79 Å². The number of hydrogen-bond acceptors (Lipinski definition) is 14. The van der Waals surface area contributed by atoms with Crippen LogP contribution < -0.4 is 0 Å². The van der Waals surface area contributed by atoms with Crippen molar-refractivity contribution in [2.24, 2.45) is 5.92 Å². The Kier molecular flexibility index (Phi) is 28.9. The van der Waals surface area contributed by atoms with Crippen molar-refractivity contribution in [3.8, 4) is 0 Å². The monoisotopic (exact) mass is 1590 g/mol. The molecule has 6 aliphatic heterocycles. The molecule has 15 nitrogen and oxygen atoms in total. The highest BCUT2D eigenvalue weighted by Crippen LogP contribution is 2.50. The summed E-state index contributed by atoms with van der Waals surface area (Å²) >= 11 is -0.00462. The molecule has 0 radical (unpaired) electrons. The molecule has 0 bridgehead atoms. The minimum atomic E-state index is -2.63. The van der Waals surface area contributed by atoms with E-state index in [0.29, 0.717) is 57.5 Å². The molecule has 0 amide bonds. The molecule has 1 aromatic rings. The highest BCUT2D eigenvalue weighted by atomic mass is 127. The second-order valence-corrected chi connectivity index (χ2v) is 62.9. The topological polar surface area (TPSA) is 165 Å². The van der Waals surface area contributed by atoms with E-state index in [9.17, 15) is 8.76 Å². The SMILES string of the molecule is C=C1C[C@H](CCC2OCCO2)O[C@H]1CC[C@H]1CCC(=C)[C@@H](C[C@@H]2O[C@H](C[C@@H](CO[Si](C)(C)C(C)(C)C)O[Si](C)(C)C(C)(C)C)C[C@H]2CC(=O)C(c2cccc(S(=O)O)c2)[C@H]2CC[C@@H]3OC(C(/C=C/I)O[Si](C)(C)C(C)(C)C)C(O[Si](C)(C)C(C)(C)C)C(O[Si](C)(C)C(C)(C)C)[C@@H]3O2)O1. The quantitative estimate of drug-likeness (QED) is 0.0348. The Bertz CT molecular complexity index is 2870. The van der Waals surface area contributed by atoms with E-state index in [1.165, 1.54) is 0 Å². The van der Waals surface area contributed by atoms with Crippen LogP contribution in [0.4, 0.5) is 0 Å². The lowest BCUT2D eigenvalue weighted by Crippen LogP contribution is -2.69. The highest BCUT2D eigenvalue weighted by molar-refractivity contribution is 14.1. The second-order valence-electron chi connectivity index (χ2n) is 37.4. The van der Waals surface area contributed by atoms with E-state index in [1.807, 2.05) is 10.1 Å². The van der Waals surface area contributed by atoms with E-state index in [0.717, 1.165) is 56.1 Å². The summed E-state index contributed by atoms with van der Waals surface area (Å²) in [5.74, 6) is -1.06. The predicted molar refractivity (Wildman–Crippen MR) is 419 cm³/mol.